The third kappa shape index (κ3) is 8.97. The van der Waals surface area contributed by atoms with Gasteiger partial charge in [0.1, 0.15) is 18.3 Å². The van der Waals surface area contributed by atoms with Gasteiger partial charge in [-0.3, -0.25) is 13.9 Å². The molecule has 0 spiro atoms. The van der Waals surface area contributed by atoms with Gasteiger partial charge >= 0.3 is 0 Å². The molecule has 46 heavy (non-hydrogen) atoms. The van der Waals surface area contributed by atoms with Crippen LogP contribution in [0, 0.1) is 13.8 Å². The van der Waals surface area contributed by atoms with E-state index in [0.29, 0.717) is 18.0 Å². The van der Waals surface area contributed by atoms with Crippen LogP contribution in [0.2, 0.25) is 0 Å². The van der Waals surface area contributed by atoms with Crippen molar-refractivity contribution >= 4 is 27.5 Å². The van der Waals surface area contributed by atoms with Gasteiger partial charge in [0.2, 0.25) is 11.8 Å². The fraction of sp³-hybridized carbons (Fsp3) is 0.297. The molecule has 9 heteroatoms. The zero-order valence-corrected chi connectivity index (χ0v) is 27.8. The van der Waals surface area contributed by atoms with Crippen molar-refractivity contribution < 1.29 is 22.7 Å². The van der Waals surface area contributed by atoms with Gasteiger partial charge in [0.05, 0.1) is 17.7 Å². The first-order chi connectivity index (χ1) is 22.1. The lowest BCUT2D eigenvalue weighted by molar-refractivity contribution is -0.140. The van der Waals surface area contributed by atoms with Gasteiger partial charge in [0.15, 0.2) is 0 Å². The van der Waals surface area contributed by atoms with Crippen LogP contribution in [0.3, 0.4) is 0 Å². The van der Waals surface area contributed by atoms with E-state index >= 15 is 0 Å². The van der Waals surface area contributed by atoms with E-state index in [9.17, 15) is 18.0 Å². The van der Waals surface area contributed by atoms with Crippen LogP contribution >= 0.6 is 0 Å². The third-order valence-electron chi connectivity index (χ3n) is 7.78. The highest BCUT2D eigenvalue weighted by Crippen LogP contribution is 2.27. The second kappa shape index (κ2) is 16.1. The number of unbranched alkanes of at least 4 members (excludes halogenated alkanes) is 1. The van der Waals surface area contributed by atoms with Gasteiger partial charge in [-0.15, -0.1) is 0 Å². The number of carbonyl (C=O) groups excluding carboxylic acids is 2. The van der Waals surface area contributed by atoms with Gasteiger partial charge in [-0.2, -0.15) is 0 Å². The van der Waals surface area contributed by atoms with Gasteiger partial charge in [-0.1, -0.05) is 91.2 Å². The van der Waals surface area contributed by atoms with Crippen LogP contribution in [-0.2, 0) is 32.6 Å². The summed E-state index contributed by atoms with van der Waals surface area (Å²) in [6.07, 6.45) is 1.98. The smallest absolute Gasteiger partial charge is 0.264 e. The highest BCUT2D eigenvalue weighted by molar-refractivity contribution is 7.92. The molecule has 4 rings (SSSR count). The molecule has 242 valence electrons. The Hall–Kier alpha value is -4.63. The number of benzene rings is 4. The van der Waals surface area contributed by atoms with E-state index in [-0.39, 0.29) is 23.8 Å². The molecular formula is C37H43N3O5S. The Morgan fingerprint density at radius 3 is 2.13 bits per heavy atom. The number of amides is 2. The monoisotopic (exact) mass is 641 g/mol. The number of ether oxygens (including phenoxy) is 1. The number of sulfonamides is 1. The fourth-order valence-electron chi connectivity index (χ4n) is 5.18. The largest absolute Gasteiger partial charge is 0.497 e. The number of anilines is 1. The van der Waals surface area contributed by atoms with E-state index in [1.165, 1.54) is 24.1 Å². The normalized spacial score (nSPS) is 11.8. The average Bonchev–Trinajstić information content (AvgIpc) is 3.06. The molecule has 1 atom stereocenters. The van der Waals surface area contributed by atoms with E-state index in [4.69, 9.17) is 4.74 Å². The Bertz CT molecular complexity index is 1690. The molecule has 0 aromatic heterocycles. The highest BCUT2D eigenvalue weighted by Gasteiger charge is 2.34. The van der Waals surface area contributed by atoms with Crippen molar-refractivity contribution in [1.82, 2.24) is 10.2 Å². The number of hydrogen-bond donors (Lipinski definition) is 1. The standard InChI is InChI=1S/C37H43N3O5S/c1-5-6-23-38-37(42)35(25-30-12-8-7-9-13-30)39(26-31-14-10-11-29(3)24-31)36(41)27-40(32-17-15-28(2)16-18-32)46(43,44)34-21-19-33(45-4)20-22-34/h7-22,24,35H,5-6,23,25-27H2,1-4H3,(H,38,42). The summed E-state index contributed by atoms with van der Waals surface area (Å²) in [5.74, 6) is -0.261. The summed E-state index contributed by atoms with van der Waals surface area (Å²) in [5.41, 5.74) is 4.04. The average molecular weight is 642 g/mol. The van der Waals surface area contributed by atoms with Gasteiger partial charge in [-0.05, 0) is 67.8 Å². The number of hydrogen-bond acceptors (Lipinski definition) is 5. The number of nitrogens with one attached hydrogen (secondary N) is 1. The molecule has 0 heterocycles. The molecule has 0 saturated heterocycles. The topological polar surface area (TPSA) is 96.0 Å². The maximum Gasteiger partial charge on any atom is 0.264 e. The lowest BCUT2D eigenvalue weighted by Crippen LogP contribution is -2.53. The molecule has 4 aromatic carbocycles. The maximum atomic E-state index is 14.5. The first kappa shape index (κ1) is 34.2. The lowest BCUT2D eigenvalue weighted by atomic mass is 10.0. The van der Waals surface area contributed by atoms with Crippen molar-refractivity contribution in [2.45, 2.75) is 57.5 Å². The SMILES string of the molecule is CCCCNC(=O)C(Cc1ccccc1)N(Cc1cccc(C)c1)C(=O)CN(c1ccc(C)cc1)S(=O)(=O)c1ccc(OC)cc1. The second-order valence-electron chi connectivity index (χ2n) is 11.4. The van der Waals surface area contributed by atoms with E-state index < -0.39 is 28.5 Å². The van der Waals surface area contributed by atoms with Gasteiger partial charge in [-0.25, -0.2) is 8.42 Å². The minimum Gasteiger partial charge on any atom is -0.497 e. The van der Waals surface area contributed by atoms with Crippen molar-refractivity contribution in [2.75, 3.05) is 24.5 Å². The van der Waals surface area contributed by atoms with Crippen molar-refractivity contribution in [3.63, 3.8) is 0 Å². The van der Waals surface area contributed by atoms with Crippen molar-refractivity contribution in [2.24, 2.45) is 0 Å². The van der Waals surface area contributed by atoms with E-state index in [0.717, 1.165) is 39.4 Å². The van der Waals surface area contributed by atoms with Crippen LogP contribution in [0.25, 0.3) is 0 Å². The third-order valence-corrected chi connectivity index (χ3v) is 9.57. The molecule has 0 fully saturated rings. The minimum atomic E-state index is -4.19. The van der Waals surface area contributed by atoms with Crippen LogP contribution in [0.5, 0.6) is 5.75 Å². The fourth-order valence-corrected chi connectivity index (χ4v) is 6.60. The predicted molar refractivity (Wildman–Crippen MR) is 182 cm³/mol. The molecule has 1 unspecified atom stereocenters. The van der Waals surface area contributed by atoms with Gasteiger partial charge in [0.25, 0.3) is 10.0 Å². The Kier molecular flexibility index (Phi) is 12.0. The summed E-state index contributed by atoms with van der Waals surface area (Å²) in [6.45, 7) is 6.03. The van der Waals surface area contributed by atoms with Crippen molar-refractivity contribution in [3.8, 4) is 5.75 Å². The van der Waals surface area contributed by atoms with Crippen LogP contribution in [0.1, 0.15) is 42.0 Å². The Morgan fingerprint density at radius 1 is 0.826 bits per heavy atom. The Balaban J connectivity index is 1.78. The molecule has 1 N–H and O–H groups in total. The predicted octanol–water partition coefficient (Wildman–Crippen LogP) is 6.06. The van der Waals surface area contributed by atoms with Crippen LogP contribution in [-0.4, -0.2) is 51.4 Å². The Morgan fingerprint density at radius 2 is 1.50 bits per heavy atom. The number of aryl methyl sites for hydroxylation is 2. The zero-order chi connectivity index (χ0) is 33.1. The number of carbonyl (C=O) groups is 2. The summed E-state index contributed by atoms with van der Waals surface area (Å²) in [6, 6.07) is 29.5. The lowest BCUT2D eigenvalue weighted by Gasteiger charge is -2.34. The molecular weight excluding hydrogens is 598 g/mol. The zero-order valence-electron chi connectivity index (χ0n) is 27.0. The first-order valence-corrected chi connectivity index (χ1v) is 17.0. The molecule has 0 saturated carbocycles. The van der Waals surface area contributed by atoms with E-state index in [2.05, 4.69) is 5.32 Å². The van der Waals surface area contributed by atoms with Crippen LogP contribution in [0.4, 0.5) is 5.69 Å². The quantitative estimate of drug-likeness (QED) is 0.159. The summed E-state index contributed by atoms with van der Waals surface area (Å²) < 4.78 is 34.7. The molecule has 0 bridgehead atoms. The number of rotatable bonds is 15. The van der Waals surface area contributed by atoms with Gasteiger partial charge in [0, 0.05) is 19.5 Å². The number of methoxy groups -OCH3 is 1. The van der Waals surface area contributed by atoms with Crippen molar-refractivity contribution in [3.05, 3.63) is 125 Å². The summed E-state index contributed by atoms with van der Waals surface area (Å²) in [5, 5.41) is 3.02. The van der Waals surface area contributed by atoms with Crippen LogP contribution in [0.15, 0.2) is 108 Å². The first-order valence-electron chi connectivity index (χ1n) is 15.5. The summed E-state index contributed by atoms with van der Waals surface area (Å²) in [4.78, 5) is 29.9. The van der Waals surface area contributed by atoms with Gasteiger partial charge < -0.3 is 15.0 Å². The molecule has 0 aliphatic heterocycles. The minimum absolute atomic E-state index is 0.0186. The molecule has 4 aromatic rings. The molecule has 2 amide bonds. The second-order valence-corrected chi connectivity index (χ2v) is 13.2. The number of nitrogens with zero attached hydrogens (tertiary/aromatic N) is 2. The maximum absolute atomic E-state index is 14.5. The summed E-state index contributed by atoms with van der Waals surface area (Å²) >= 11 is 0. The summed E-state index contributed by atoms with van der Waals surface area (Å²) in [7, 11) is -2.68. The van der Waals surface area contributed by atoms with Crippen molar-refractivity contribution in [1.29, 1.82) is 0 Å². The molecule has 0 radical (unpaired) electrons. The molecule has 0 aliphatic rings. The van der Waals surface area contributed by atoms with E-state index in [1.807, 2.05) is 75.4 Å². The molecule has 0 aliphatic carbocycles. The Labute approximate surface area is 273 Å². The molecule has 8 nitrogen and oxygen atoms in total. The highest BCUT2D eigenvalue weighted by atomic mass is 32.2. The van der Waals surface area contributed by atoms with Crippen LogP contribution < -0.4 is 14.4 Å². The van der Waals surface area contributed by atoms with E-state index in [1.54, 1.807) is 36.4 Å².